The number of thioether (sulfide) groups is 1. The van der Waals surface area contributed by atoms with Gasteiger partial charge in [0.05, 0.1) is 29.5 Å². The van der Waals surface area contributed by atoms with Gasteiger partial charge in [-0.15, -0.1) is 11.8 Å². The minimum Gasteiger partial charge on any atom is -0.347 e. The molecule has 0 saturated carbocycles. The molecule has 3 aliphatic heterocycles. The maximum absolute atomic E-state index is 12.8. The predicted octanol–water partition coefficient (Wildman–Crippen LogP) is 1.90. The van der Waals surface area contributed by atoms with Crippen LogP contribution in [-0.2, 0) is 28.9 Å². The molecule has 164 valence electrons. The van der Waals surface area contributed by atoms with E-state index < -0.39 is 15.6 Å². The van der Waals surface area contributed by atoms with Gasteiger partial charge in [-0.25, -0.2) is 8.42 Å². The van der Waals surface area contributed by atoms with Crippen LogP contribution >= 0.6 is 11.8 Å². The molecule has 2 amide bonds. The number of sulfone groups is 1. The highest BCUT2D eigenvalue weighted by atomic mass is 32.2. The summed E-state index contributed by atoms with van der Waals surface area (Å²) in [6.45, 7) is 3.99. The summed E-state index contributed by atoms with van der Waals surface area (Å²) < 4.78 is 36.9. The van der Waals surface area contributed by atoms with E-state index >= 15 is 0 Å². The molecule has 3 aliphatic rings. The zero-order chi connectivity index (χ0) is 21.4. The Bertz CT molecular complexity index is 933. The van der Waals surface area contributed by atoms with E-state index in [2.05, 4.69) is 5.32 Å². The summed E-state index contributed by atoms with van der Waals surface area (Å²) >= 11 is 1.53. The van der Waals surface area contributed by atoms with Gasteiger partial charge in [-0.05, 0) is 18.2 Å². The lowest BCUT2D eigenvalue weighted by Gasteiger charge is -2.37. The number of hydrogen-bond acceptors (Lipinski definition) is 7. The van der Waals surface area contributed by atoms with Gasteiger partial charge in [0.25, 0.3) is 0 Å². The van der Waals surface area contributed by atoms with E-state index in [1.165, 1.54) is 17.8 Å². The van der Waals surface area contributed by atoms with Crippen LogP contribution < -0.4 is 5.32 Å². The summed E-state index contributed by atoms with van der Waals surface area (Å²) in [7, 11) is -3.65. The molecule has 0 unspecified atom stereocenters. The lowest BCUT2D eigenvalue weighted by atomic mass is 10.0. The predicted molar refractivity (Wildman–Crippen MR) is 112 cm³/mol. The van der Waals surface area contributed by atoms with E-state index in [9.17, 15) is 18.0 Å². The number of fused-ring (bicyclic) bond motifs is 1. The van der Waals surface area contributed by atoms with Crippen molar-refractivity contribution in [1.29, 1.82) is 0 Å². The molecular weight excluding hydrogens is 428 g/mol. The van der Waals surface area contributed by atoms with Crippen LogP contribution in [-0.4, -0.2) is 68.7 Å². The summed E-state index contributed by atoms with van der Waals surface area (Å²) in [6.07, 6.45) is 1.13. The quantitative estimate of drug-likeness (QED) is 0.741. The molecule has 0 bridgehead atoms. The first kappa shape index (κ1) is 21.6. The molecule has 2 fully saturated rings. The second-order valence-corrected chi connectivity index (χ2v) is 11.1. The number of likely N-dealkylation sites (tertiary alicyclic amines) is 1. The van der Waals surface area contributed by atoms with Crippen LogP contribution in [0.3, 0.4) is 0 Å². The van der Waals surface area contributed by atoms with Gasteiger partial charge in [-0.1, -0.05) is 6.92 Å². The fourth-order valence-electron chi connectivity index (χ4n) is 3.85. The first-order valence-corrected chi connectivity index (χ1v) is 12.8. The highest BCUT2D eigenvalue weighted by Crippen LogP contribution is 2.35. The van der Waals surface area contributed by atoms with Gasteiger partial charge >= 0.3 is 0 Å². The number of carbonyl (C=O) groups is 2. The number of carbonyl (C=O) groups excluding carboxylic acids is 2. The zero-order valence-corrected chi connectivity index (χ0v) is 18.5. The van der Waals surface area contributed by atoms with Gasteiger partial charge in [0.15, 0.2) is 15.6 Å². The Morgan fingerprint density at radius 3 is 2.67 bits per heavy atom. The largest absolute Gasteiger partial charge is 0.347 e. The molecule has 0 radical (unpaired) electrons. The van der Waals surface area contributed by atoms with E-state index in [0.29, 0.717) is 50.6 Å². The number of nitrogens with one attached hydrogen (secondary N) is 1. The van der Waals surface area contributed by atoms with E-state index in [0.717, 1.165) is 4.90 Å². The minimum absolute atomic E-state index is 0.0771. The number of rotatable bonds is 4. The third kappa shape index (κ3) is 4.51. The van der Waals surface area contributed by atoms with Crippen molar-refractivity contribution >= 4 is 39.1 Å². The van der Waals surface area contributed by atoms with Crippen molar-refractivity contribution in [2.45, 2.75) is 41.8 Å². The molecule has 1 aromatic rings. The van der Waals surface area contributed by atoms with Crippen LogP contribution in [0.1, 0.15) is 26.2 Å². The zero-order valence-electron chi connectivity index (χ0n) is 16.9. The molecule has 2 saturated heterocycles. The van der Waals surface area contributed by atoms with Gasteiger partial charge in [-0.3, -0.25) is 9.59 Å². The Hall–Kier alpha value is -1.62. The second-order valence-electron chi connectivity index (χ2n) is 7.92. The molecule has 0 aliphatic carbocycles. The average Bonchev–Trinajstić information content (AvgIpc) is 3.13. The summed E-state index contributed by atoms with van der Waals surface area (Å²) in [5.41, 5.74) is 0.514. The van der Waals surface area contributed by atoms with Crippen LogP contribution in [0.5, 0.6) is 0 Å². The lowest BCUT2D eigenvalue weighted by molar-refractivity contribution is -0.187. The van der Waals surface area contributed by atoms with Gasteiger partial charge in [0.2, 0.25) is 11.8 Å². The highest BCUT2D eigenvalue weighted by molar-refractivity contribution is 7.99. The number of amides is 2. The summed E-state index contributed by atoms with van der Waals surface area (Å²) in [5.74, 6) is -0.639. The van der Waals surface area contributed by atoms with Gasteiger partial charge < -0.3 is 19.7 Å². The van der Waals surface area contributed by atoms with Crippen molar-refractivity contribution < 1.29 is 27.5 Å². The Balaban J connectivity index is 1.37. The Morgan fingerprint density at radius 1 is 1.27 bits per heavy atom. The van der Waals surface area contributed by atoms with Crippen molar-refractivity contribution in [3.05, 3.63) is 18.2 Å². The Labute approximate surface area is 180 Å². The monoisotopic (exact) mass is 454 g/mol. The number of ether oxygens (including phenoxy) is 2. The number of benzene rings is 1. The summed E-state index contributed by atoms with van der Waals surface area (Å²) in [5, 5.41) is 2.80. The molecule has 30 heavy (non-hydrogen) atoms. The Morgan fingerprint density at radius 2 is 1.97 bits per heavy atom. The fourth-order valence-corrected chi connectivity index (χ4v) is 6.12. The van der Waals surface area contributed by atoms with E-state index in [1.54, 1.807) is 17.0 Å². The standard InChI is InChI=1S/C20H26N2O6S2/c1-14-13-29-17-3-2-15(12-16(17)21-19(14)24)30(25,26)11-4-18(23)22-7-5-20(6-8-22)27-9-10-28-20/h2-3,12,14H,4-11,13H2,1H3,(H,21,24)/t14-/m1/s1. The van der Waals surface area contributed by atoms with Crippen LogP contribution in [0.2, 0.25) is 0 Å². The van der Waals surface area contributed by atoms with Crippen molar-refractivity contribution in [3.8, 4) is 0 Å². The second kappa shape index (κ2) is 8.49. The molecule has 8 nitrogen and oxygen atoms in total. The molecule has 1 spiro atoms. The number of hydrogen-bond donors (Lipinski definition) is 1. The van der Waals surface area contributed by atoms with E-state index in [-0.39, 0.29) is 34.8 Å². The minimum atomic E-state index is -3.65. The van der Waals surface area contributed by atoms with Crippen molar-refractivity contribution in [2.75, 3.05) is 43.1 Å². The number of piperidine rings is 1. The maximum atomic E-state index is 12.8. The molecule has 0 aromatic heterocycles. The summed E-state index contributed by atoms with van der Waals surface area (Å²) in [4.78, 5) is 27.3. The van der Waals surface area contributed by atoms with Crippen molar-refractivity contribution in [3.63, 3.8) is 0 Å². The first-order chi connectivity index (χ1) is 14.3. The Kier molecular flexibility index (Phi) is 6.11. The first-order valence-electron chi connectivity index (χ1n) is 10.1. The van der Waals surface area contributed by atoms with E-state index in [1.807, 2.05) is 6.92 Å². The van der Waals surface area contributed by atoms with Crippen LogP contribution in [0.15, 0.2) is 28.0 Å². The third-order valence-corrected chi connectivity index (χ3v) is 8.83. The van der Waals surface area contributed by atoms with Gasteiger partial charge in [-0.2, -0.15) is 0 Å². The van der Waals surface area contributed by atoms with Gasteiger partial charge in [0, 0.05) is 48.9 Å². The summed E-state index contributed by atoms with van der Waals surface area (Å²) in [6, 6.07) is 4.77. The van der Waals surface area contributed by atoms with Crippen LogP contribution in [0.4, 0.5) is 5.69 Å². The normalized spacial score (nSPS) is 23.7. The topological polar surface area (TPSA) is 102 Å². The molecule has 1 atom stereocenters. The fraction of sp³-hybridized carbons (Fsp3) is 0.600. The van der Waals surface area contributed by atoms with Gasteiger partial charge in [0.1, 0.15) is 0 Å². The van der Waals surface area contributed by atoms with Crippen LogP contribution in [0.25, 0.3) is 0 Å². The molecule has 10 heteroatoms. The molecule has 3 heterocycles. The molecule has 4 rings (SSSR count). The lowest BCUT2D eigenvalue weighted by Crippen LogP contribution is -2.47. The smallest absolute Gasteiger partial charge is 0.228 e. The highest BCUT2D eigenvalue weighted by Gasteiger charge is 2.40. The number of anilines is 1. The SMILES string of the molecule is C[C@@H]1CSc2ccc(S(=O)(=O)CCC(=O)N3CCC4(CC3)OCCO4)cc2NC1=O. The maximum Gasteiger partial charge on any atom is 0.228 e. The van der Waals surface area contributed by atoms with Crippen LogP contribution in [0, 0.1) is 5.92 Å². The third-order valence-electron chi connectivity index (χ3n) is 5.78. The molecular formula is C20H26N2O6S2. The number of nitrogens with zero attached hydrogens (tertiary/aromatic N) is 1. The van der Waals surface area contributed by atoms with Crippen molar-refractivity contribution in [2.24, 2.45) is 5.92 Å². The van der Waals surface area contributed by atoms with E-state index in [4.69, 9.17) is 9.47 Å². The average molecular weight is 455 g/mol. The molecule has 1 N–H and O–H groups in total. The van der Waals surface area contributed by atoms with Crippen molar-refractivity contribution in [1.82, 2.24) is 4.90 Å². The molecule has 1 aromatic carbocycles.